The van der Waals surface area contributed by atoms with Crippen LogP contribution >= 0.6 is 23.2 Å². The Balaban J connectivity index is 1.37. The first kappa shape index (κ1) is 30.6. The van der Waals surface area contributed by atoms with Crippen LogP contribution in [0.1, 0.15) is 30.2 Å². The van der Waals surface area contributed by atoms with E-state index in [0.29, 0.717) is 34.1 Å². The van der Waals surface area contributed by atoms with Crippen LogP contribution in [0.4, 0.5) is 11.4 Å². The SMILES string of the molecule is CCC(=O)Nc1ccc(C=CC(=O)NCC(=O)N(C)c2ccc(Cl)c(COc3cccc4ccc(C)nc34)c2Cl)cc1. The van der Waals surface area contributed by atoms with Gasteiger partial charge in [-0.05, 0) is 55.0 Å². The standard InChI is InChI=1S/C32H30Cl2N4O4/c1-4-28(39)37-23-13-9-21(10-14-23)11-17-29(40)35-18-30(41)38(3)26-16-15-25(33)24(31(26)34)19-42-27-7-5-6-22-12-8-20(2)36-32(22)27/h5-17H,4,18-19H2,1-3H3,(H,35,40)(H,37,39). The molecule has 0 radical (unpaired) electrons. The number of aryl methyl sites for hydroxylation is 1. The molecule has 8 nitrogen and oxygen atoms in total. The van der Waals surface area contributed by atoms with Crippen molar-refractivity contribution >= 4 is 69.3 Å². The predicted octanol–water partition coefficient (Wildman–Crippen LogP) is 6.57. The van der Waals surface area contributed by atoms with Crippen LogP contribution in [0.25, 0.3) is 17.0 Å². The monoisotopic (exact) mass is 604 g/mol. The molecule has 0 saturated carbocycles. The van der Waals surface area contributed by atoms with Crippen LogP contribution in [0.3, 0.4) is 0 Å². The number of likely N-dealkylation sites (N-methyl/N-ethyl adjacent to an activating group) is 1. The van der Waals surface area contributed by atoms with Gasteiger partial charge < -0.3 is 20.3 Å². The fourth-order valence-electron chi connectivity index (χ4n) is 4.03. The van der Waals surface area contributed by atoms with Crippen molar-refractivity contribution in [2.75, 3.05) is 23.8 Å². The van der Waals surface area contributed by atoms with Gasteiger partial charge in [-0.1, -0.05) is 60.5 Å². The van der Waals surface area contributed by atoms with Gasteiger partial charge in [0.2, 0.25) is 17.7 Å². The highest BCUT2D eigenvalue weighted by atomic mass is 35.5. The summed E-state index contributed by atoms with van der Waals surface area (Å²) >= 11 is 13.1. The number of para-hydroxylation sites is 1. The summed E-state index contributed by atoms with van der Waals surface area (Å²) in [6, 6.07) is 19.9. The molecule has 1 heterocycles. The van der Waals surface area contributed by atoms with Gasteiger partial charge in [0.15, 0.2) is 0 Å². The molecule has 0 bridgehead atoms. The number of rotatable bonds is 10. The minimum atomic E-state index is -0.435. The number of carbonyl (C=O) groups is 3. The number of amides is 3. The van der Waals surface area contributed by atoms with Crippen LogP contribution in [0.5, 0.6) is 5.75 Å². The summed E-state index contributed by atoms with van der Waals surface area (Å²) in [6.45, 7) is 3.51. The van der Waals surface area contributed by atoms with Crippen LogP contribution in [0.15, 0.2) is 72.8 Å². The number of nitrogens with one attached hydrogen (secondary N) is 2. The smallest absolute Gasteiger partial charge is 0.246 e. The van der Waals surface area contributed by atoms with E-state index in [1.807, 2.05) is 37.3 Å². The van der Waals surface area contributed by atoms with Gasteiger partial charge in [-0.25, -0.2) is 4.98 Å². The third-order valence-corrected chi connectivity index (χ3v) is 7.23. The number of anilines is 2. The second kappa shape index (κ2) is 14.0. The molecular formula is C32H30Cl2N4O4. The molecule has 1 aromatic heterocycles. The second-order valence-electron chi connectivity index (χ2n) is 9.46. The van der Waals surface area contributed by atoms with Crippen molar-refractivity contribution in [1.29, 1.82) is 0 Å². The van der Waals surface area contributed by atoms with E-state index in [4.69, 9.17) is 27.9 Å². The Morgan fingerprint density at radius 2 is 1.76 bits per heavy atom. The van der Waals surface area contributed by atoms with Crippen molar-refractivity contribution in [2.45, 2.75) is 26.9 Å². The van der Waals surface area contributed by atoms with Crippen molar-refractivity contribution in [2.24, 2.45) is 0 Å². The minimum Gasteiger partial charge on any atom is -0.487 e. The summed E-state index contributed by atoms with van der Waals surface area (Å²) in [7, 11) is 1.57. The van der Waals surface area contributed by atoms with Gasteiger partial charge in [-0.15, -0.1) is 0 Å². The summed E-state index contributed by atoms with van der Waals surface area (Å²) in [5.41, 5.74) is 3.99. The Kier molecular flexibility index (Phi) is 10.2. The fraction of sp³-hybridized carbons (Fsp3) is 0.188. The zero-order valence-electron chi connectivity index (χ0n) is 23.4. The zero-order valence-corrected chi connectivity index (χ0v) is 24.9. The molecule has 0 unspecified atom stereocenters. The Hall–Kier alpha value is -4.40. The van der Waals surface area contributed by atoms with Gasteiger partial charge in [-0.2, -0.15) is 0 Å². The lowest BCUT2D eigenvalue weighted by molar-refractivity contribution is -0.122. The van der Waals surface area contributed by atoms with Gasteiger partial charge in [-0.3, -0.25) is 14.4 Å². The third kappa shape index (κ3) is 7.66. The lowest BCUT2D eigenvalue weighted by Crippen LogP contribution is -2.37. The molecule has 4 aromatic rings. The Labute approximate surface area is 254 Å². The molecule has 10 heteroatoms. The Bertz CT molecular complexity index is 1650. The summed E-state index contributed by atoms with van der Waals surface area (Å²) in [5, 5.41) is 6.96. The quantitative estimate of drug-likeness (QED) is 0.199. The second-order valence-corrected chi connectivity index (χ2v) is 10.2. The van der Waals surface area contributed by atoms with Crippen molar-refractivity contribution in [3.63, 3.8) is 0 Å². The predicted molar refractivity (Wildman–Crippen MR) is 168 cm³/mol. The molecule has 0 fully saturated rings. The van der Waals surface area contributed by atoms with Crippen molar-refractivity contribution in [3.8, 4) is 5.75 Å². The van der Waals surface area contributed by atoms with Crippen molar-refractivity contribution in [1.82, 2.24) is 10.3 Å². The van der Waals surface area contributed by atoms with E-state index < -0.39 is 5.91 Å². The molecule has 3 amide bonds. The average Bonchev–Trinajstić information content (AvgIpc) is 2.99. The molecule has 216 valence electrons. The van der Waals surface area contributed by atoms with E-state index in [0.717, 1.165) is 22.2 Å². The summed E-state index contributed by atoms with van der Waals surface area (Å²) in [5.74, 6) is -0.300. The van der Waals surface area contributed by atoms with Gasteiger partial charge in [0, 0.05) is 46.9 Å². The van der Waals surface area contributed by atoms with Crippen molar-refractivity contribution in [3.05, 3.63) is 99.7 Å². The van der Waals surface area contributed by atoms with Gasteiger partial charge >= 0.3 is 0 Å². The summed E-state index contributed by atoms with van der Waals surface area (Å²) in [4.78, 5) is 42.7. The number of pyridine rings is 1. The largest absolute Gasteiger partial charge is 0.487 e. The topological polar surface area (TPSA) is 101 Å². The van der Waals surface area contributed by atoms with E-state index in [-0.39, 0.29) is 30.0 Å². The van der Waals surface area contributed by atoms with Crippen LogP contribution in [-0.2, 0) is 21.0 Å². The third-order valence-electron chi connectivity index (χ3n) is 6.45. The zero-order chi connectivity index (χ0) is 30.2. The average molecular weight is 606 g/mol. The Morgan fingerprint density at radius 3 is 2.50 bits per heavy atom. The number of halogens is 2. The maximum absolute atomic E-state index is 12.9. The van der Waals surface area contributed by atoms with Gasteiger partial charge in [0.25, 0.3) is 0 Å². The Morgan fingerprint density at radius 1 is 1.00 bits per heavy atom. The van der Waals surface area contributed by atoms with E-state index in [9.17, 15) is 14.4 Å². The summed E-state index contributed by atoms with van der Waals surface area (Å²) in [6.07, 6.45) is 3.34. The molecule has 4 rings (SSSR count). The normalized spacial score (nSPS) is 11.0. The maximum Gasteiger partial charge on any atom is 0.246 e. The van der Waals surface area contributed by atoms with Crippen LogP contribution in [0.2, 0.25) is 10.0 Å². The first-order valence-corrected chi connectivity index (χ1v) is 14.0. The fourth-order valence-corrected chi connectivity index (χ4v) is 4.64. The lowest BCUT2D eigenvalue weighted by Gasteiger charge is -2.21. The maximum atomic E-state index is 12.9. The van der Waals surface area contributed by atoms with E-state index in [1.54, 1.807) is 56.4 Å². The number of ether oxygens (including phenoxy) is 1. The number of aromatic nitrogens is 1. The van der Waals surface area contributed by atoms with Crippen LogP contribution in [-0.4, -0.2) is 36.3 Å². The first-order chi connectivity index (χ1) is 20.2. The highest BCUT2D eigenvalue weighted by Crippen LogP contribution is 2.35. The highest BCUT2D eigenvalue weighted by molar-refractivity contribution is 6.38. The number of benzene rings is 3. The molecule has 0 aliphatic carbocycles. The molecule has 0 aliphatic rings. The molecular weight excluding hydrogens is 575 g/mol. The number of hydrogen-bond donors (Lipinski definition) is 2. The van der Waals surface area contributed by atoms with Crippen LogP contribution in [0, 0.1) is 6.92 Å². The number of nitrogens with zero attached hydrogens (tertiary/aromatic N) is 2. The van der Waals surface area contributed by atoms with Gasteiger partial charge in [0.1, 0.15) is 17.9 Å². The minimum absolute atomic E-state index is 0.0652. The first-order valence-electron chi connectivity index (χ1n) is 13.2. The van der Waals surface area contributed by atoms with E-state index >= 15 is 0 Å². The number of carbonyl (C=O) groups excluding carboxylic acids is 3. The van der Waals surface area contributed by atoms with Crippen LogP contribution < -0.4 is 20.3 Å². The summed E-state index contributed by atoms with van der Waals surface area (Å²) < 4.78 is 6.07. The molecule has 0 saturated heterocycles. The van der Waals surface area contributed by atoms with Gasteiger partial charge in [0.05, 0.1) is 17.3 Å². The number of fused-ring (bicyclic) bond motifs is 1. The molecule has 3 aromatic carbocycles. The molecule has 42 heavy (non-hydrogen) atoms. The van der Waals surface area contributed by atoms with Crippen molar-refractivity contribution < 1.29 is 19.1 Å². The molecule has 2 N–H and O–H groups in total. The number of hydrogen-bond acceptors (Lipinski definition) is 5. The van der Waals surface area contributed by atoms with E-state index in [1.165, 1.54) is 11.0 Å². The highest BCUT2D eigenvalue weighted by Gasteiger charge is 2.19. The molecule has 0 aliphatic heterocycles. The lowest BCUT2D eigenvalue weighted by atomic mass is 10.1. The molecule has 0 spiro atoms. The van der Waals surface area contributed by atoms with E-state index in [2.05, 4.69) is 15.6 Å². The molecule has 0 atom stereocenters.